The van der Waals surface area contributed by atoms with Gasteiger partial charge in [0.1, 0.15) is 23.0 Å². The molecule has 1 N–H and O–H groups in total. The van der Waals surface area contributed by atoms with Crippen molar-refractivity contribution in [2.45, 2.75) is 38.8 Å². The summed E-state index contributed by atoms with van der Waals surface area (Å²) in [5.74, 6) is 0.723. The van der Waals surface area contributed by atoms with Crippen molar-refractivity contribution in [2.75, 3.05) is 18.0 Å². The summed E-state index contributed by atoms with van der Waals surface area (Å²) in [6, 6.07) is 5.45. The van der Waals surface area contributed by atoms with Crippen LogP contribution in [-0.2, 0) is 4.74 Å². The van der Waals surface area contributed by atoms with Gasteiger partial charge in [-0.3, -0.25) is 0 Å². The second-order valence-electron chi connectivity index (χ2n) is 7.70. The Balaban J connectivity index is 1.57. The Morgan fingerprint density at radius 1 is 1.37 bits per heavy atom. The molecule has 1 fully saturated rings. The van der Waals surface area contributed by atoms with Gasteiger partial charge in [-0.05, 0) is 45.4 Å². The summed E-state index contributed by atoms with van der Waals surface area (Å²) >= 11 is 6.11. The molecule has 0 aliphatic carbocycles. The van der Waals surface area contributed by atoms with E-state index < -0.39 is 11.7 Å². The summed E-state index contributed by atoms with van der Waals surface area (Å²) in [4.78, 5) is 22.9. The molecule has 1 amide bonds. The molecule has 3 heterocycles. The molecule has 0 unspecified atom stereocenters. The highest BCUT2D eigenvalue weighted by Crippen LogP contribution is 2.34. The monoisotopic (exact) mass is 388 g/mol. The molecule has 2 aromatic heterocycles. The molecule has 142 valence electrons. The first-order valence-electron chi connectivity index (χ1n) is 8.87. The number of anilines is 1. The Morgan fingerprint density at radius 3 is 2.96 bits per heavy atom. The highest BCUT2D eigenvalue weighted by molar-refractivity contribution is 6.31. The maximum Gasteiger partial charge on any atom is 0.407 e. The summed E-state index contributed by atoms with van der Waals surface area (Å²) in [7, 11) is 0. The number of furan rings is 1. The molecule has 4 rings (SSSR count). The molecule has 1 saturated heterocycles. The first-order chi connectivity index (χ1) is 12.8. The van der Waals surface area contributed by atoms with Gasteiger partial charge in [0.2, 0.25) is 0 Å². The molecule has 7 nitrogen and oxygen atoms in total. The average molecular weight is 389 g/mol. The van der Waals surface area contributed by atoms with Crippen molar-refractivity contribution in [2.24, 2.45) is 0 Å². The van der Waals surface area contributed by atoms with Crippen LogP contribution in [0.2, 0.25) is 5.02 Å². The molecule has 1 atom stereocenters. The van der Waals surface area contributed by atoms with Crippen LogP contribution in [0.3, 0.4) is 0 Å². The summed E-state index contributed by atoms with van der Waals surface area (Å²) in [6.07, 6.45) is 1.93. The average Bonchev–Trinajstić information content (AvgIpc) is 3.17. The lowest BCUT2D eigenvalue weighted by atomic mass is 10.2. The number of fused-ring (bicyclic) bond motifs is 3. The van der Waals surface area contributed by atoms with Crippen molar-refractivity contribution < 1.29 is 13.9 Å². The zero-order valence-corrected chi connectivity index (χ0v) is 16.2. The molecule has 27 heavy (non-hydrogen) atoms. The topological polar surface area (TPSA) is 80.5 Å². The minimum absolute atomic E-state index is 0.0105. The fourth-order valence-corrected chi connectivity index (χ4v) is 3.48. The van der Waals surface area contributed by atoms with E-state index in [0.717, 1.165) is 35.3 Å². The Morgan fingerprint density at radius 2 is 2.19 bits per heavy atom. The second-order valence-corrected chi connectivity index (χ2v) is 8.13. The third kappa shape index (κ3) is 3.64. The zero-order valence-electron chi connectivity index (χ0n) is 15.5. The summed E-state index contributed by atoms with van der Waals surface area (Å²) in [6.45, 7) is 6.92. The van der Waals surface area contributed by atoms with Crippen LogP contribution in [0.4, 0.5) is 10.6 Å². The van der Waals surface area contributed by atoms with Crippen molar-refractivity contribution in [3.05, 3.63) is 29.5 Å². The normalized spacial score (nSPS) is 17.6. The second kappa shape index (κ2) is 6.56. The zero-order chi connectivity index (χ0) is 19.2. The lowest BCUT2D eigenvalue weighted by Gasteiger charge is -2.22. The van der Waals surface area contributed by atoms with Gasteiger partial charge in [0.05, 0.1) is 6.04 Å². The number of amides is 1. The smallest absolute Gasteiger partial charge is 0.407 e. The van der Waals surface area contributed by atoms with Gasteiger partial charge in [0, 0.05) is 23.5 Å². The van der Waals surface area contributed by atoms with E-state index in [-0.39, 0.29) is 6.04 Å². The van der Waals surface area contributed by atoms with E-state index in [1.54, 1.807) is 6.07 Å². The minimum atomic E-state index is -0.517. The van der Waals surface area contributed by atoms with E-state index in [1.165, 1.54) is 6.33 Å². The molecule has 3 aromatic rings. The standard InChI is InChI=1S/C19H21ClN4O3/c1-19(2,3)27-18(25)23-12-6-7-24(9-12)17-16-15(21-10-22-17)13-8-11(20)4-5-14(13)26-16/h4-5,8,10,12H,6-7,9H2,1-3H3,(H,23,25)/t12-/m1/s1. The van der Waals surface area contributed by atoms with Crippen molar-refractivity contribution in [3.8, 4) is 0 Å². The molecule has 8 heteroatoms. The van der Waals surface area contributed by atoms with Crippen LogP contribution in [0, 0.1) is 0 Å². The largest absolute Gasteiger partial charge is 0.450 e. The fourth-order valence-electron chi connectivity index (χ4n) is 3.31. The predicted octanol–water partition coefficient (Wildman–Crippen LogP) is 4.13. The third-order valence-corrected chi connectivity index (χ3v) is 4.64. The summed E-state index contributed by atoms with van der Waals surface area (Å²) in [5, 5.41) is 4.42. The molecule has 0 bridgehead atoms. The van der Waals surface area contributed by atoms with Gasteiger partial charge in [0.15, 0.2) is 11.4 Å². The molecular weight excluding hydrogens is 368 g/mol. The van der Waals surface area contributed by atoms with Crippen molar-refractivity contribution in [1.29, 1.82) is 0 Å². The van der Waals surface area contributed by atoms with Gasteiger partial charge in [-0.1, -0.05) is 11.6 Å². The SMILES string of the molecule is CC(C)(C)OC(=O)N[C@@H]1CCN(c2ncnc3c2oc2ccc(Cl)cc23)C1. The van der Waals surface area contributed by atoms with Crippen molar-refractivity contribution >= 4 is 45.6 Å². The maximum atomic E-state index is 12.0. The van der Waals surface area contributed by atoms with E-state index in [4.69, 9.17) is 20.8 Å². The first-order valence-corrected chi connectivity index (χ1v) is 9.25. The van der Waals surface area contributed by atoms with E-state index >= 15 is 0 Å². The Bertz CT molecular complexity index is 1010. The number of ether oxygens (including phenoxy) is 1. The molecule has 0 radical (unpaired) electrons. The minimum Gasteiger partial charge on any atom is -0.450 e. The van der Waals surface area contributed by atoms with Crippen molar-refractivity contribution in [1.82, 2.24) is 15.3 Å². The maximum absolute atomic E-state index is 12.0. The van der Waals surface area contributed by atoms with Crippen LogP contribution in [0.1, 0.15) is 27.2 Å². The summed E-state index contributed by atoms with van der Waals surface area (Å²) < 4.78 is 11.3. The molecule has 0 spiro atoms. The molecule has 1 aliphatic rings. The first kappa shape index (κ1) is 17.9. The Labute approximate surface area is 161 Å². The van der Waals surface area contributed by atoms with Gasteiger partial charge in [-0.25, -0.2) is 14.8 Å². The lowest BCUT2D eigenvalue weighted by molar-refractivity contribution is 0.0509. The van der Waals surface area contributed by atoms with Gasteiger partial charge in [-0.15, -0.1) is 0 Å². The molecule has 1 aromatic carbocycles. The van der Waals surface area contributed by atoms with Crippen LogP contribution >= 0.6 is 11.6 Å². The number of nitrogens with zero attached hydrogens (tertiary/aromatic N) is 3. The van der Waals surface area contributed by atoms with Gasteiger partial charge >= 0.3 is 6.09 Å². The number of carbonyl (C=O) groups is 1. The van der Waals surface area contributed by atoms with Crippen molar-refractivity contribution in [3.63, 3.8) is 0 Å². The van der Waals surface area contributed by atoms with Crippen LogP contribution in [-0.4, -0.2) is 40.8 Å². The number of benzene rings is 1. The summed E-state index contributed by atoms with van der Waals surface area (Å²) in [5.41, 5.74) is 1.57. The number of nitrogens with one attached hydrogen (secondary N) is 1. The molecule has 1 aliphatic heterocycles. The van der Waals surface area contributed by atoms with Crippen LogP contribution in [0.15, 0.2) is 28.9 Å². The van der Waals surface area contributed by atoms with E-state index in [9.17, 15) is 4.79 Å². The van der Waals surface area contributed by atoms with E-state index in [2.05, 4.69) is 20.2 Å². The van der Waals surface area contributed by atoms with Gasteiger partial charge in [0.25, 0.3) is 0 Å². The number of hydrogen-bond acceptors (Lipinski definition) is 6. The van der Waals surface area contributed by atoms with Gasteiger partial charge in [-0.2, -0.15) is 0 Å². The number of rotatable bonds is 2. The molecular formula is C19H21ClN4O3. The Kier molecular flexibility index (Phi) is 4.34. The number of alkyl carbamates (subject to hydrolysis) is 1. The third-order valence-electron chi connectivity index (χ3n) is 4.40. The number of carbonyl (C=O) groups excluding carboxylic acids is 1. The highest BCUT2D eigenvalue weighted by Gasteiger charge is 2.29. The number of aromatic nitrogens is 2. The van der Waals surface area contributed by atoms with Crippen LogP contribution in [0.25, 0.3) is 22.1 Å². The molecule has 0 saturated carbocycles. The van der Waals surface area contributed by atoms with E-state index in [1.807, 2.05) is 32.9 Å². The van der Waals surface area contributed by atoms with E-state index in [0.29, 0.717) is 17.2 Å². The number of hydrogen-bond donors (Lipinski definition) is 1. The van der Waals surface area contributed by atoms with Crippen LogP contribution < -0.4 is 10.2 Å². The lowest BCUT2D eigenvalue weighted by Crippen LogP contribution is -2.40. The fraction of sp³-hybridized carbons (Fsp3) is 0.421. The quantitative estimate of drug-likeness (QED) is 0.710. The van der Waals surface area contributed by atoms with Gasteiger partial charge < -0.3 is 19.4 Å². The predicted molar refractivity (Wildman–Crippen MR) is 104 cm³/mol. The highest BCUT2D eigenvalue weighted by atomic mass is 35.5. The Hall–Kier alpha value is -2.54. The van der Waals surface area contributed by atoms with Crippen LogP contribution in [0.5, 0.6) is 0 Å². The number of halogens is 1.